The third-order valence-corrected chi connectivity index (χ3v) is 7.54. The van der Waals surface area contributed by atoms with Gasteiger partial charge in [0.1, 0.15) is 5.54 Å². The van der Waals surface area contributed by atoms with Crippen molar-refractivity contribution >= 4 is 23.6 Å². The molecule has 5 rings (SSSR count). The molecule has 0 aromatic heterocycles. The predicted octanol–water partition coefficient (Wildman–Crippen LogP) is 1.89. The van der Waals surface area contributed by atoms with Gasteiger partial charge in [0.15, 0.2) is 0 Å². The Bertz CT molecular complexity index is 1150. The summed E-state index contributed by atoms with van der Waals surface area (Å²) in [5.74, 6) is -2.86. The van der Waals surface area contributed by atoms with Gasteiger partial charge in [-0.2, -0.15) is 0 Å². The van der Waals surface area contributed by atoms with Crippen LogP contribution in [0.2, 0.25) is 0 Å². The minimum Gasteiger partial charge on any atom is -0.339 e. The molecule has 0 aliphatic carbocycles. The van der Waals surface area contributed by atoms with Crippen LogP contribution in [0.3, 0.4) is 0 Å². The molecule has 3 fully saturated rings. The number of imide groups is 1. The number of hydrogen-bond acceptors (Lipinski definition) is 4. The first kappa shape index (κ1) is 21.4. The minimum atomic E-state index is -1.44. The Morgan fingerprint density at radius 1 is 1.00 bits per heavy atom. The van der Waals surface area contributed by atoms with Crippen LogP contribution >= 0.6 is 0 Å². The van der Waals surface area contributed by atoms with Gasteiger partial charge in [-0.1, -0.05) is 48.0 Å². The highest BCUT2D eigenvalue weighted by Crippen LogP contribution is 2.53. The lowest BCUT2D eigenvalue weighted by atomic mass is 9.75. The van der Waals surface area contributed by atoms with Gasteiger partial charge in [-0.05, 0) is 31.5 Å². The Labute approximate surface area is 193 Å². The zero-order chi connectivity index (χ0) is 23.5. The molecule has 2 bridgehead atoms. The lowest BCUT2D eigenvalue weighted by Crippen LogP contribution is -2.70. The SMILES string of the molecule is CCN1C[C@@H]2[C@@H]3C(=O)N(C)C(=O)[C@@H]3[C@](Cc3ccccc3)(C1=O)N2C(=O)c1ccc(C)cc1. The highest BCUT2D eigenvalue weighted by Gasteiger charge is 2.74. The quantitative estimate of drug-likeness (QED) is 0.674. The second-order valence-electron chi connectivity index (χ2n) is 9.28. The maximum absolute atomic E-state index is 14.1. The van der Waals surface area contributed by atoms with Gasteiger partial charge in [-0.15, -0.1) is 0 Å². The molecule has 4 amide bonds. The smallest absolute Gasteiger partial charge is 0.255 e. The molecule has 0 radical (unpaired) electrons. The van der Waals surface area contributed by atoms with Crippen molar-refractivity contribution in [3.8, 4) is 0 Å². The first-order valence-corrected chi connectivity index (χ1v) is 11.4. The molecular formula is C26H27N3O4. The number of piperazine rings is 1. The van der Waals surface area contributed by atoms with Crippen molar-refractivity contribution in [1.29, 1.82) is 0 Å². The number of likely N-dealkylation sites (N-methyl/N-ethyl adjacent to an activating group) is 1. The minimum absolute atomic E-state index is 0.186. The van der Waals surface area contributed by atoms with Crippen LogP contribution in [0.5, 0.6) is 0 Å². The standard InChI is InChI=1S/C26H27N3O4/c1-4-28-15-19-20-21(24(32)27(3)23(20)31)26(25(28)33,14-17-8-6-5-7-9-17)29(19)22(30)18-12-10-16(2)11-13-18/h5-13,19-21H,4,14-15H2,1-3H3/t19-,20+,21-,26-/m1/s1. The zero-order valence-corrected chi connectivity index (χ0v) is 19.0. The summed E-state index contributed by atoms with van der Waals surface area (Å²) in [6.45, 7) is 4.53. The molecule has 3 aliphatic heterocycles. The number of benzene rings is 2. The molecule has 4 atom stereocenters. The monoisotopic (exact) mass is 445 g/mol. The van der Waals surface area contributed by atoms with Crippen LogP contribution in [0.25, 0.3) is 0 Å². The van der Waals surface area contributed by atoms with Gasteiger partial charge in [-0.3, -0.25) is 24.1 Å². The van der Waals surface area contributed by atoms with Crippen molar-refractivity contribution < 1.29 is 19.2 Å². The lowest BCUT2D eigenvalue weighted by Gasteiger charge is -2.49. The van der Waals surface area contributed by atoms with Gasteiger partial charge in [0, 0.05) is 32.1 Å². The van der Waals surface area contributed by atoms with Crippen LogP contribution in [-0.4, -0.2) is 70.0 Å². The van der Waals surface area contributed by atoms with Crippen molar-refractivity contribution in [1.82, 2.24) is 14.7 Å². The number of likely N-dealkylation sites (tertiary alicyclic amines) is 2. The van der Waals surface area contributed by atoms with E-state index in [1.54, 1.807) is 21.9 Å². The summed E-state index contributed by atoms with van der Waals surface area (Å²) in [7, 11) is 1.48. The lowest BCUT2D eigenvalue weighted by molar-refractivity contribution is -0.155. The third kappa shape index (κ3) is 2.88. The van der Waals surface area contributed by atoms with Crippen LogP contribution in [-0.2, 0) is 20.8 Å². The van der Waals surface area contributed by atoms with E-state index in [-0.39, 0.29) is 36.6 Å². The number of carbonyl (C=O) groups is 4. The molecule has 0 unspecified atom stereocenters. The van der Waals surface area contributed by atoms with Crippen LogP contribution in [0, 0.1) is 18.8 Å². The number of hydrogen-bond donors (Lipinski definition) is 0. The molecule has 2 aromatic rings. The van der Waals surface area contributed by atoms with E-state index in [1.165, 1.54) is 7.05 Å². The summed E-state index contributed by atoms with van der Waals surface area (Å²) in [4.78, 5) is 59.1. The molecule has 0 N–H and O–H groups in total. The summed E-state index contributed by atoms with van der Waals surface area (Å²) in [6, 6.07) is 16.1. The van der Waals surface area contributed by atoms with Crippen LogP contribution in [0.15, 0.2) is 54.6 Å². The van der Waals surface area contributed by atoms with Gasteiger partial charge in [0.05, 0.1) is 17.9 Å². The Balaban J connectivity index is 1.72. The number of carbonyl (C=O) groups excluding carboxylic acids is 4. The molecule has 0 saturated carbocycles. The van der Waals surface area contributed by atoms with Crippen molar-refractivity contribution in [3.05, 3.63) is 71.3 Å². The van der Waals surface area contributed by atoms with E-state index in [2.05, 4.69) is 0 Å². The molecular weight excluding hydrogens is 418 g/mol. The maximum atomic E-state index is 14.1. The molecule has 33 heavy (non-hydrogen) atoms. The number of fused-ring (bicyclic) bond motifs is 5. The first-order chi connectivity index (χ1) is 15.8. The van der Waals surface area contributed by atoms with Crippen LogP contribution in [0.4, 0.5) is 0 Å². The number of rotatable bonds is 4. The highest BCUT2D eigenvalue weighted by atomic mass is 16.2. The molecule has 7 nitrogen and oxygen atoms in total. The van der Waals surface area contributed by atoms with E-state index >= 15 is 0 Å². The molecule has 0 spiro atoms. The van der Waals surface area contributed by atoms with Gasteiger partial charge < -0.3 is 9.80 Å². The molecule has 7 heteroatoms. The average Bonchev–Trinajstić information content (AvgIpc) is 3.19. The van der Waals surface area contributed by atoms with Gasteiger partial charge in [-0.25, -0.2) is 0 Å². The highest BCUT2D eigenvalue weighted by molar-refractivity contribution is 6.13. The average molecular weight is 446 g/mol. The number of aryl methyl sites for hydroxylation is 1. The Morgan fingerprint density at radius 2 is 1.67 bits per heavy atom. The Morgan fingerprint density at radius 3 is 2.30 bits per heavy atom. The van der Waals surface area contributed by atoms with Crippen LogP contribution in [0.1, 0.15) is 28.4 Å². The summed E-state index contributed by atoms with van der Waals surface area (Å²) in [5.41, 5.74) is 0.878. The molecule has 2 aromatic carbocycles. The zero-order valence-electron chi connectivity index (χ0n) is 19.0. The third-order valence-electron chi connectivity index (χ3n) is 7.54. The van der Waals surface area contributed by atoms with Crippen molar-refractivity contribution in [2.75, 3.05) is 20.1 Å². The summed E-state index contributed by atoms with van der Waals surface area (Å²) >= 11 is 0. The second kappa shape index (κ2) is 7.54. The van der Waals surface area contributed by atoms with Crippen molar-refractivity contribution in [3.63, 3.8) is 0 Å². The van der Waals surface area contributed by atoms with Gasteiger partial charge >= 0.3 is 0 Å². The predicted molar refractivity (Wildman–Crippen MR) is 121 cm³/mol. The van der Waals surface area contributed by atoms with Crippen molar-refractivity contribution in [2.45, 2.75) is 31.8 Å². The molecule has 3 saturated heterocycles. The Kier molecular flexibility index (Phi) is 4.88. The molecule has 3 aliphatic rings. The second-order valence-corrected chi connectivity index (χ2v) is 9.28. The Hall–Kier alpha value is -3.48. The molecule has 3 heterocycles. The maximum Gasteiger partial charge on any atom is 0.255 e. The van der Waals surface area contributed by atoms with E-state index in [1.807, 2.05) is 56.3 Å². The number of amides is 4. The van der Waals surface area contributed by atoms with Gasteiger partial charge in [0.2, 0.25) is 17.7 Å². The van der Waals surface area contributed by atoms with Crippen LogP contribution < -0.4 is 0 Å². The fourth-order valence-electron chi connectivity index (χ4n) is 5.96. The van der Waals surface area contributed by atoms with E-state index in [0.29, 0.717) is 12.1 Å². The fourth-order valence-corrected chi connectivity index (χ4v) is 5.96. The van der Waals surface area contributed by atoms with E-state index in [9.17, 15) is 19.2 Å². The van der Waals surface area contributed by atoms with E-state index in [4.69, 9.17) is 0 Å². The topological polar surface area (TPSA) is 78.0 Å². The first-order valence-electron chi connectivity index (χ1n) is 11.4. The fraction of sp³-hybridized carbons (Fsp3) is 0.385. The summed E-state index contributed by atoms with van der Waals surface area (Å²) in [6.07, 6.45) is 0.186. The summed E-state index contributed by atoms with van der Waals surface area (Å²) < 4.78 is 0. The number of nitrogens with zero attached hydrogens (tertiary/aromatic N) is 3. The van der Waals surface area contributed by atoms with E-state index in [0.717, 1.165) is 16.0 Å². The molecule has 170 valence electrons. The van der Waals surface area contributed by atoms with Gasteiger partial charge in [0.25, 0.3) is 5.91 Å². The van der Waals surface area contributed by atoms with E-state index < -0.39 is 23.4 Å². The summed E-state index contributed by atoms with van der Waals surface area (Å²) in [5, 5.41) is 0. The van der Waals surface area contributed by atoms with Crippen molar-refractivity contribution in [2.24, 2.45) is 11.8 Å². The largest absolute Gasteiger partial charge is 0.339 e. The normalized spacial score (nSPS) is 28.5.